The number of aryl methyl sites for hydroxylation is 1. The first-order valence-electron chi connectivity index (χ1n) is 7.58. The van der Waals surface area contributed by atoms with Gasteiger partial charge in [0.15, 0.2) is 9.84 Å². The highest BCUT2D eigenvalue weighted by Crippen LogP contribution is 2.24. The van der Waals surface area contributed by atoms with E-state index in [1.165, 1.54) is 0 Å². The molecule has 0 aliphatic carbocycles. The van der Waals surface area contributed by atoms with Gasteiger partial charge in [-0.25, -0.2) is 13.4 Å². The normalized spacial score (nSPS) is 12.7. The Bertz CT molecular complexity index is 836. The van der Waals surface area contributed by atoms with E-state index in [0.29, 0.717) is 4.90 Å². The standard InChI is InChI=1S/C18H22N2O2S/c1-6-13(4)18-14(5)19-11-17(20-18)15-7-9-16(10-8-15)23(21,22)12(2)3/h6-12H,1-5H3/b13-6-. The molecule has 0 radical (unpaired) electrons. The zero-order chi connectivity index (χ0) is 17.2. The molecule has 4 nitrogen and oxygen atoms in total. The number of hydrogen-bond donors (Lipinski definition) is 0. The van der Waals surface area contributed by atoms with Crippen LogP contribution in [-0.4, -0.2) is 23.6 Å². The zero-order valence-electron chi connectivity index (χ0n) is 14.2. The molecule has 0 saturated carbocycles. The van der Waals surface area contributed by atoms with Gasteiger partial charge in [-0.05, 0) is 52.3 Å². The van der Waals surface area contributed by atoms with Gasteiger partial charge in [0.1, 0.15) is 0 Å². The number of allylic oxidation sites excluding steroid dienone is 2. The van der Waals surface area contributed by atoms with Gasteiger partial charge in [0.25, 0.3) is 0 Å². The average Bonchev–Trinajstić information content (AvgIpc) is 2.54. The number of aromatic nitrogens is 2. The number of sulfone groups is 1. The minimum Gasteiger partial charge on any atom is -0.257 e. The van der Waals surface area contributed by atoms with Crippen molar-refractivity contribution in [1.29, 1.82) is 0 Å². The van der Waals surface area contributed by atoms with Crippen LogP contribution < -0.4 is 0 Å². The van der Waals surface area contributed by atoms with Gasteiger partial charge in [-0.1, -0.05) is 18.2 Å². The quantitative estimate of drug-likeness (QED) is 0.848. The van der Waals surface area contributed by atoms with E-state index in [4.69, 9.17) is 0 Å². The predicted octanol–water partition coefficient (Wildman–Crippen LogP) is 4.06. The third kappa shape index (κ3) is 3.50. The van der Waals surface area contributed by atoms with Crippen molar-refractivity contribution in [3.8, 4) is 11.3 Å². The van der Waals surface area contributed by atoms with Gasteiger partial charge in [-0.2, -0.15) is 0 Å². The van der Waals surface area contributed by atoms with Crippen LogP contribution in [-0.2, 0) is 9.84 Å². The molecule has 0 fully saturated rings. The zero-order valence-corrected chi connectivity index (χ0v) is 15.0. The van der Waals surface area contributed by atoms with Gasteiger partial charge < -0.3 is 0 Å². The smallest absolute Gasteiger partial charge is 0.180 e. The fourth-order valence-electron chi connectivity index (χ4n) is 2.19. The molecule has 0 amide bonds. The first kappa shape index (κ1) is 17.3. The van der Waals surface area contributed by atoms with Crippen molar-refractivity contribution in [3.63, 3.8) is 0 Å². The molecule has 122 valence electrons. The summed E-state index contributed by atoms with van der Waals surface area (Å²) >= 11 is 0. The lowest BCUT2D eigenvalue weighted by atomic mass is 10.1. The van der Waals surface area contributed by atoms with E-state index in [-0.39, 0.29) is 0 Å². The van der Waals surface area contributed by atoms with Crippen molar-refractivity contribution in [2.24, 2.45) is 0 Å². The number of hydrogen-bond acceptors (Lipinski definition) is 4. The summed E-state index contributed by atoms with van der Waals surface area (Å²) in [6, 6.07) is 6.83. The second-order valence-electron chi connectivity index (χ2n) is 5.78. The molecule has 1 aromatic heterocycles. The molecule has 0 aliphatic heterocycles. The Hall–Kier alpha value is -2.01. The van der Waals surface area contributed by atoms with E-state index >= 15 is 0 Å². The summed E-state index contributed by atoms with van der Waals surface area (Å²) in [5, 5.41) is -0.434. The van der Waals surface area contributed by atoms with Crippen LogP contribution in [0.25, 0.3) is 16.8 Å². The number of rotatable bonds is 4. The third-order valence-electron chi connectivity index (χ3n) is 3.86. The van der Waals surface area contributed by atoms with Gasteiger partial charge >= 0.3 is 0 Å². The molecule has 0 N–H and O–H groups in total. The van der Waals surface area contributed by atoms with Gasteiger partial charge in [0, 0.05) is 5.56 Å². The Labute approximate surface area is 138 Å². The van der Waals surface area contributed by atoms with Crippen LogP contribution in [0.15, 0.2) is 41.4 Å². The fourth-order valence-corrected chi connectivity index (χ4v) is 3.25. The van der Waals surface area contributed by atoms with Crippen LogP contribution in [0.1, 0.15) is 39.1 Å². The highest BCUT2D eigenvalue weighted by molar-refractivity contribution is 7.92. The summed E-state index contributed by atoms with van der Waals surface area (Å²) in [6.07, 6.45) is 3.72. The monoisotopic (exact) mass is 330 g/mol. The molecule has 0 aliphatic rings. The van der Waals surface area contributed by atoms with Gasteiger partial charge in [0.05, 0.1) is 33.4 Å². The maximum atomic E-state index is 12.2. The number of benzene rings is 1. The predicted molar refractivity (Wildman–Crippen MR) is 93.9 cm³/mol. The molecular weight excluding hydrogens is 308 g/mol. The van der Waals surface area contributed by atoms with Crippen LogP contribution in [0, 0.1) is 6.92 Å². The Balaban J connectivity index is 2.45. The first-order chi connectivity index (χ1) is 10.8. The molecule has 0 bridgehead atoms. The first-order valence-corrected chi connectivity index (χ1v) is 9.13. The molecular formula is C18H22N2O2S. The van der Waals surface area contributed by atoms with Crippen molar-refractivity contribution in [2.75, 3.05) is 0 Å². The van der Waals surface area contributed by atoms with E-state index < -0.39 is 15.1 Å². The van der Waals surface area contributed by atoms with E-state index in [9.17, 15) is 8.42 Å². The summed E-state index contributed by atoms with van der Waals surface area (Å²) in [5.74, 6) is 0. The summed E-state index contributed by atoms with van der Waals surface area (Å²) in [5.41, 5.74) is 4.40. The van der Waals surface area contributed by atoms with Crippen molar-refractivity contribution in [1.82, 2.24) is 9.97 Å². The molecule has 5 heteroatoms. The molecule has 0 unspecified atom stereocenters. The van der Waals surface area contributed by atoms with Crippen LogP contribution in [0.4, 0.5) is 0 Å². The van der Waals surface area contributed by atoms with E-state index in [0.717, 1.165) is 28.2 Å². The van der Waals surface area contributed by atoms with Gasteiger partial charge in [-0.15, -0.1) is 0 Å². The van der Waals surface area contributed by atoms with Crippen molar-refractivity contribution in [3.05, 3.63) is 47.9 Å². The van der Waals surface area contributed by atoms with Crippen molar-refractivity contribution in [2.45, 2.75) is 44.8 Å². The van der Waals surface area contributed by atoms with Crippen molar-refractivity contribution >= 4 is 15.4 Å². The van der Waals surface area contributed by atoms with Crippen LogP contribution >= 0.6 is 0 Å². The number of nitrogens with zero attached hydrogens (tertiary/aromatic N) is 2. The minimum atomic E-state index is -3.25. The molecule has 1 aromatic carbocycles. The van der Waals surface area contributed by atoms with Gasteiger partial charge in [0.2, 0.25) is 0 Å². The summed E-state index contributed by atoms with van der Waals surface area (Å²) in [7, 11) is -3.25. The van der Waals surface area contributed by atoms with Crippen LogP contribution in [0.2, 0.25) is 0 Å². The lowest BCUT2D eigenvalue weighted by Gasteiger charge is -2.10. The maximum Gasteiger partial charge on any atom is 0.180 e. The molecule has 1 heterocycles. The van der Waals surface area contributed by atoms with Crippen molar-refractivity contribution < 1.29 is 8.42 Å². The van der Waals surface area contributed by atoms with Crippen LogP contribution in [0.5, 0.6) is 0 Å². The molecule has 2 rings (SSSR count). The molecule has 2 aromatic rings. The minimum absolute atomic E-state index is 0.334. The van der Waals surface area contributed by atoms with E-state index in [2.05, 4.69) is 9.97 Å². The van der Waals surface area contributed by atoms with E-state index in [1.807, 2.05) is 26.8 Å². The van der Waals surface area contributed by atoms with Gasteiger partial charge in [-0.3, -0.25) is 4.98 Å². The molecule has 23 heavy (non-hydrogen) atoms. The lowest BCUT2D eigenvalue weighted by molar-refractivity contribution is 0.587. The molecule has 0 spiro atoms. The largest absolute Gasteiger partial charge is 0.257 e. The summed E-state index contributed by atoms with van der Waals surface area (Å²) < 4.78 is 24.3. The highest BCUT2D eigenvalue weighted by Gasteiger charge is 2.19. The second-order valence-corrected chi connectivity index (χ2v) is 8.28. The summed E-state index contributed by atoms with van der Waals surface area (Å²) in [4.78, 5) is 9.40. The maximum absolute atomic E-state index is 12.2. The third-order valence-corrected chi connectivity index (χ3v) is 6.03. The Morgan fingerprint density at radius 2 is 1.78 bits per heavy atom. The molecule has 0 saturated heterocycles. The Kier molecular flexibility index (Phi) is 5.00. The second kappa shape index (κ2) is 6.62. The topological polar surface area (TPSA) is 59.9 Å². The average molecular weight is 330 g/mol. The SMILES string of the molecule is C/C=C(/C)c1nc(-c2ccc(S(=O)(=O)C(C)C)cc2)cnc1C. The summed E-state index contributed by atoms with van der Waals surface area (Å²) in [6.45, 7) is 9.26. The van der Waals surface area contributed by atoms with E-state index in [1.54, 1.807) is 44.3 Å². The molecule has 0 atom stereocenters. The Morgan fingerprint density at radius 1 is 1.17 bits per heavy atom. The fraction of sp³-hybridized carbons (Fsp3) is 0.333. The Morgan fingerprint density at radius 3 is 2.30 bits per heavy atom. The lowest BCUT2D eigenvalue weighted by Crippen LogP contribution is -2.13. The van der Waals surface area contributed by atoms with Crippen LogP contribution in [0.3, 0.4) is 0 Å². The highest BCUT2D eigenvalue weighted by atomic mass is 32.2.